The summed E-state index contributed by atoms with van der Waals surface area (Å²) >= 11 is 0. The zero-order chi connectivity index (χ0) is 18.7. The van der Waals surface area contributed by atoms with Crippen LogP contribution < -0.4 is 4.72 Å². The van der Waals surface area contributed by atoms with Gasteiger partial charge in [-0.2, -0.15) is 0 Å². The highest BCUT2D eigenvalue weighted by Crippen LogP contribution is 2.36. The number of carbonyl (C=O) groups excluding carboxylic acids is 1. The molecular formula is C20H30N2O3S. The lowest BCUT2D eigenvalue weighted by atomic mass is 9.75. The van der Waals surface area contributed by atoms with Crippen molar-refractivity contribution in [2.75, 3.05) is 19.6 Å². The molecule has 1 heterocycles. The van der Waals surface area contributed by atoms with Crippen LogP contribution in [0.25, 0.3) is 0 Å². The fourth-order valence-corrected chi connectivity index (χ4v) is 5.36. The van der Waals surface area contributed by atoms with E-state index in [4.69, 9.17) is 0 Å². The molecule has 1 saturated heterocycles. The van der Waals surface area contributed by atoms with Gasteiger partial charge in [0.2, 0.25) is 15.9 Å². The molecule has 2 aliphatic rings. The minimum absolute atomic E-state index is 0.0665. The molecule has 0 radical (unpaired) electrons. The second kappa shape index (κ2) is 8.09. The quantitative estimate of drug-likeness (QED) is 0.856. The van der Waals surface area contributed by atoms with Gasteiger partial charge in [0.1, 0.15) is 0 Å². The normalized spacial score (nSPS) is 23.5. The number of nitrogens with one attached hydrogen (secondary N) is 1. The Kier molecular flexibility index (Phi) is 6.03. The largest absolute Gasteiger partial charge is 0.342 e. The van der Waals surface area contributed by atoms with Crippen LogP contribution >= 0.6 is 0 Å². The highest BCUT2D eigenvalue weighted by molar-refractivity contribution is 7.89. The van der Waals surface area contributed by atoms with Crippen LogP contribution in [0.1, 0.15) is 49.7 Å². The number of hydrogen-bond acceptors (Lipinski definition) is 3. The van der Waals surface area contributed by atoms with Crippen molar-refractivity contribution in [1.82, 2.24) is 9.62 Å². The molecule has 2 fully saturated rings. The topological polar surface area (TPSA) is 66.5 Å². The summed E-state index contributed by atoms with van der Waals surface area (Å²) in [6.07, 6.45) is 6.47. The van der Waals surface area contributed by atoms with Crippen LogP contribution in [0, 0.1) is 25.7 Å². The maximum absolute atomic E-state index is 12.5. The standard InChI is InChI=1S/C20H30N2O3S/c1-15-7-8-19(13-16(15)2)26(24,25)21-11-9-20(23)22-12-10-17-5-3-4-6-18(17)14-22/h7-8,13,17-18,21H,3-6,9-12,14H2,1-2H3/t17-,18+/m1/s1. The first-order valence-electron chi connectivity index (χ1n) is 9.71. The van der Waals surface area contributed by atoms with E-state index in [9.17, 15) is 13.2 Å². The molecule has 0 spiro atoms. The molecular weight excluding hydrogens is 348 g/mol. The molecule has 1 aromatic rings. The van der Waals surface area contributed by atoms with Crippen molar-refractivity contribution < 1.29 is 13.2 Å². The Hall–Kier alpha value is -1.40. The van der Waals surface area contributed by atoms with E-state index < -0.39 is 10.0 Å². The summed E-state index contributed by atoms with van der Waals surface area (Å²) in [5.74, 6) is 1.50. The number of fused-ring (bicyclic) bond motifs is 1. The molecule has 0 unspecified atom stereocenters. The Labute approximate surface area is 157 Å². The summed E-state index contributed by atoms with van der Waals surface area (Å²) in [6, 6.07) is 5.09. The van der Waals surface area contributed by atoms with Gasteiger partial charge < -0.3 is 4.90 Å². The SMILES string of the molecule is Cc1ccc(S(=O)(=O)NCCC(=O)N2CC[C@H]3CCCC[C@H]3C2)cc1C. The molecule has 1 amide bonds. The Morgan fingerprint density at radius 1 is 1.12 bits per heavy atom. The lowest BCUT2D eigenvalue weighted by Crippen LogP contribution is -2.45. The molecule has 2 atom stereocenters. The first-order chi connectivity index (χ1) is 12.4. The van der Waals surface area contributed by atoms with Crippen LogP contribution in [0.2, 0.25) is 0 Å². The molecule has 1 aromatic carbocycles. The molecule has 3 rings (SSSR count). The minimum Gasteiger partial charge on any atom is -0.342 e. The number of carbonyl (C=O) groups is 1. The number of nitrogens with zero attached hydrogens (tertiary/aromatic N) is 1. The van der Waals surface area contributed by atoms with Crippen molar-refractivity contribution >= 4 is 15.9 Å². The van der Waals surface area contributed by atoms with E-state index in [2.05, 4.69) is 4.72 Å². The third kappa shape index (κ3) is 4.46. The number of benzene rings is 1. The number of amides is 1. The summed E-state index contributed by atoms with van der Waals surface area (Å²) in [6.45, 7) is 5.68. The van der Waals surface area contributed by atoms with Crippen molar-refractivity contribution in [3.05, 3.63) is 29.3 Å². The highest BCUT2D eigenvalue weighted by atomic mass is 32.2. The Morgan fingerprint density at radius 2 is 1.85 bits per heavy atom. The van der Waals surface area contributed by atoms with E-state index in [0.29, 0.717) is 5.92 Å². The molecule has 144 valence electrons. The fraction of sp³-hybridized carbons (Fsp3) is 0.650. The predicted molar refractivity (Wildman–Crippen MR) is 102 cm³/mol. The van der Waals surface area contributed by atoms with Crippen LogP contribution in [-0.4, -0.2) is 38.9 Å². The van der Waals surface area contributed by atoms with Crippen molar-refractivity contribution in [1.29, 1.82) is 0 Å². The van der Waals surface area contributed by atoms with Gasteiger partial charge in [-0.25, -0.2) is 13.1 Å². The van der Waals surface area contributed by atoms with Crippen molar-refractivity contribution in [3.8, 4) is 0 Å². The average molecular weight is 379 g/mol. The third-order valence-corrected chi connectivity index (χ3v) is 7.52. The lowest BCUT2D eigenvalue weighted by molar-refractivity contribution is -0.134. The second-order valence-corrected chi connectivity index (χ2v) is 9.59. The molecule has 1 aliphatic heterocycles. The van der Waals surface area contributed by atoms with Crippen LogP contribution in [0.3, 0.4) is 0 Å². The Balaban J connectivity index is 1.50. The maximum Gasteiger partial charge on any atom is 0.240 e. The molecule has 6 heteroatoms. The van der Waals surface area contributed by atoms with Crippen LogP contribution in [0.15, 0.2) is 23.1 Å². The summed E-state index contributed by atoms with van der Waals surface area (Å²) in [7, 11) is -3.57. The molecule has 1 N–H and O–H groups in total. The molecule has 1 aliphatic carbocycles. The molecule has 26 heavy (non-hydrogen) atoms. The number of likely N-dealkylation sites (tertiary alicyclic amines) is 1. The number of aryl methyl sites for hydroxylation is 2. The maximum atomic E-state index is 12.5. The average Bonchev–Trinajstić information content (AvgIpc) is 2.63. The first-order valence-corrected chi connectivity index (χ1v) is 11.2. The van der Waals surface area contributed by atoms with Crippen LogP contribution in [-0.2, 0) is 14.8 Å². The third-order valence-electron chi connectivity index (χ3n) is 6.06. The van der Waals surface area contributed by atoms with Gasteiger partial charge in [0.15, 0.2) is 0 Å². The molecule has 0 bridgehead atoms. The van der Waals surface area contributed by atoms with Crippen molar-refractivity contribution in [2.24, 2.45) is 11.8 Å². The smallest absolute Gasteiger partial charge is 0.240 e. The van der Waals surface area contributed by atoms with E-state index in [1.165, 1.54) is 25.7 Å². The van der Waals surface area contributed by atoms with Gasteiger partial charge in [-0.1, -0.05) is 25.3 Å². The first kappa shape index (κ1) is 19.4. The molecule has 1 saturated carbocycles. The zero-order valence-electron chi connectivity index (χ0n) is 15.8. The van der Waals surface area contributed by atoms with Gasteiger partial charge in [0.05, 0.1) is 4.90 Å². The predicted octanol–water partition coefficient (Wildman–Crippen LogP) is 3.01. The van der Waals surface area contributed by atoms with Gasteiger partial charge in [-0.05, 0) is 61.8 Å². The number of piperidine rings is 1. The summed E-state index contributed by atoms with van der Waals surface area (Å²) in [5.41, 5.74) is 2.00. The monoisotopic (exact) mass is 378 g/mol. The van der Waals surface area contributed by atoms with Gasteiger partial charge in [0, 0.05) is 26.1 Å². The Morgan fingerprint density at radius 3 is 2.58 bits per heavy atom. The van der Waals surface area contributed by atoms with E-state index in [-0.39, 0.29) is 23.8 Å². The van der Waals surface area contributed by atoms with E-state index >= 15 is 0 Å². The lowest BCUT2D eigenvalue weighted by Gasteiger charge is -2.41. The van der Waals surface area contributed by atoms with Gasteiger partial charge >= 0.3 is 0 Å². The van der Waals surface area contributed by atoms with E-state index in [0.717, 1.165) is 36.6 Å². The van der Waals surface area contributed by atoms with Crippen molar-refractivity contribution in [3.63, 3.8) is 0 Å². The van der Waals surface area contributed by atoms with Crippen LogP contribution in [0.4, 0.5) is 0 Å². The number of hydrogen-bond donors (Lipinski definition) is 1. The van der Waals surface area contributed by atoms with Crippen molar-refractivity contribution in [2.45, 2.75) is 57.3 Å². The number of sulfonamides is 1. The summed E-state index contributed by atoms with van der Waals surface area (Å²) in [4.78, 5) is 14.7. The second-order valence-electron chi connectivity index (χ2n) is 7.83. The Bertz CT molecular complexity index is 760. The van der Waals surface area contributed by atoms with Gasteiger partial charge in [-0.3, -0.25) is 4.79 Å². The minimum atomic E-state index is -3.57. The summed E-state index contributed by atoms with van der Waals surface area (Å²) < 4.78 is 27.4. The van der Waals surface area contributed by atoms with Crippen LogP contribution in [0.5, 0.6) is 0 Å². The van der Waals surface area contributed by atoms with Gasteiger partial charge in [0.25, 0.3) is 0 Å². The molecule has 5 nitrogen and oxygen atoms in total. The van der Waals surface area contributed by atoms with E-state index in [1.807, 2.05) is 24.8 Å². The molecule has 0 aromatic heterocycles. The highest BCUT2D eigenvalue weighted by Gasteiger charge is 2.32. The van der Waals surface area contributed by atoms with E-state index in [1.54, 1.807) is 12.1 Å². The summed E-state index contributed by atoms with van der Waals surface area (Å²) in [5, 5.41) is 0. The fourth-order valence-electron chi connectivity index (χ4n) is 4.24. The van der Waals surface area contributed by atoms with Gasteiger partial charge in [-0.15, -0.1) is 0 Å². The zero-order valence-corrected chi connectivity index (χ0v) is 16.6. The number of rotatable bonds is 5.